The first-order valence-electron chi connectivity index (χ1n) is 9.92. The van der Waals surface area contributed by atoms with Crippen LogP contribution in [0, 0.1) is 5.41 Å². The smallest absolute Gasteiger partial charge is 0.416 e. The predicted octanol–water partition coefficient (Wildman–Crippen LogP) is 5.09. The van der Waals surface area contributed by atoms with Crippen LogP contribution in [-0.2, 0) is 28.7 Å². The summed E-state index contributed by atoms with van der Waals surface area (Å²) in [6, 6.07) is 15.2. The van der Waals surface area contributed by atoms with Gasteiger partial charge in [-0.05, 0) is 62.5 Å². The number of carbonyl (C=O) groups is 1. The lowest BCUT2D eigenvalue weighted by Crippen LogP contribution is -2.46. The molecule has 0 aromatic heterocycles. The Morgan fingerprint density at radius 3 is 2.17 bits per heavy atom. The molecule has 2 aromatic carbocycles. The minimum absolute atomic E-state index is 0.155. The number of nitrogens with zero attached hydrogens (tertiary/aromatic N) is 1. The van der Waals surface area contributed by atoms with Gasteiger partial charge in [0.2, 0.25) is 0 Å². The Kier molecular flexibility index (Phi) is 6.63. The topological polar surface area (TPSA) is 29.5 Å². The van der Waals surface area contributed by atoms with Crippen molar-refractivity contribution in [3.63, 3.8) is 0 Å². The maximum atomic E-state index is 12.8. The van der Waals surface area contributed by atoms with Crippen LogP contribution in [0.25, 0.3) is 0 Å². The molecule has 6 heteroatoms. The quantitative estimate of drug-likeness (QED) is 0.627. The monoisotopic (exact) mass is 405 g/mol. The van der Waals surface area contributed by atoms with E-state index in [1.165, 1.54) is 12.1 Å². The molecule has 3 nitrogen and oxygen atoms in total. The zero-order valence-corrected chi connectivity index (χ0v) is 16.5. The molecule has 0 atom stereocenters. The van der Waals surface area contributed by atoms with E-state index in [2.05, 4.69) is 4.90 Å². The van der Waals surface area contributed by atoms with Crippen molar-refractivity contribution in [2.45, 2.75) is 38.9 Å². The third-order valence-electron chi connectivity index (χ3n) is 5.59. The van der Waals surface area contributed by atoms with Gasteiger partial charge in [0.15, 0.2) is 0 Å². The second-order valence-corrected chi connectivity index (χ2v) is 7.63. The number of halogens is 3. The molecule has 3 rings (SSSR count). The van der Waals surface area contributed by atoms with Crippen molar-refractivity contribution in [3.8, 4) is 0 Å². The molecule has 0 amide bonds. The van der Waals surface area contributed by atoms with Crippen LogP contribution in [0.15, 0.2) is 54.6 Å². The fourth-order valence-corrected chi connectivity index (χ4v) is 3.92. The van der Waals surface area contributed by atoms with Crippen LogP contribution in [-0.4, -0.2) is 30.6 Å². The fourth-order valence-electron chi connectivity index (χ4n) is 3.92. The standard InChI is InChI=1S/C23H26F3NO2/c1-2-29-21(28)22(16-18-6-4-3-5-7-18)12-14-27(15-13-22)17-19-8-10-20(11-9-19)23(24,25)26/h3-11H,2,12-17H2,1H3. The number of hydrogen-bond acceptors (Lipinski definition) is 3. The summed E-state index contributed by atoms with van der Waals surface area (Å²) in [4.78, 5) is 15.0. The van der Waals surface area contributed by atoms with Gasteiger partial charge in [-0.2, -0.15) is 13.2 Å². The Balaban J connectivity index is 1.66. The molecule has 1 fully saturated rings. The summed E-state index contributed by atoms with van der Waals surface area (Å²) < 4.78 is 43.6. The number of hydrogen-bond donors (Lipinski definition) is 0. The first kappa shape index (κ1) is 21.4. The second-order valence-electron chi connectivity index (χ2n) is 7.63. The number of esters is 1. The van der Waals surface area contributed by atoms with Crippen LogP contribution in [0.4, 0.5) is 13.2 Å². The molecule has 156 valence electrons. The van der Waals surface area contributed by atoms with Crippen LogP contribution in [0.2, 0.25) is 0 Å². The molecule has 0 radical (unpaired) electrons. The third kappa shape index (κ3) is 5.38. The number of rotatable bonds is 6. The van der Waals surface area contributed by atoms with E-state index in [1.54, 1.807) is 0 Å². The predicted molar refractivity (Wildman–Crippen MR) is 105 cm³/mol. The fraction of sp³-hybridized carbons (Fsp3) is 0.435. The molecule has 0 N–H and O–H groups in total. The molecular weight excluding hydrogens is 379 g/mol. The SMILES string of the molecule is CCOC(=O)C1(Cc2ccccc2)CCN(Cc2ccc(C(F)(F)F)cc2)CC1. The molecule has 0 aliphatic carbocycles. The van der Waals surface area contributed by atoms with E-state index >= 15 is 0 Å². The lowest BCUT2D eigenvalue weighted by Gasteiger charge is -2.40. The van der Waals surface area contributed by atoms with Crippen LogP contribution < -0.4 is 0 Å². The molecule has 1 heterocycles. The maximum Gasteiger partial charge on any atom is 0.416 e. The van der Waals surface area contributed by atoms with E-state index in [0.717, 1.165) is 23.3 Å². The minimum Gasteiger partial charge on any atom is -0.466 e. The second kappa shape index (κ2) is 8.99. The summed E-state index contributed by atoms with van der Waals surface area (Å²) in [5.41, 5.74) is 0.763. The Hall–Kier alpha value is -2.34. The van der Waals surface area contributed by atoms with E-state index in [9.17, 15) is 18.0 Å². The van der Waals surface area contributed by atoms with E-state index in [0.29, 0.717) is 45.5 Å². The average molecular weight is 405 g/mol. The largest absolute Gasteiger partial charge is 0.466 e. The summed E-state index contributed by atoms with van der Waals surface area (Å²) in [6.07, 6.45) is -2.34. The van der Waals surface area contributed by atoms with Gasteiger partial charge >= 0.3 is 12.1 Å². The van der Waals surface area contributed by atoms with E-state index < -0.39 is 17.2 Å². The number of carbonyl (C=O) groups excluding carboxylic acids is 1. The highest BCUT2D eigenvalue weighted by Crippen LogP contribution is 2.37. The molecule has 0 saturated carbocycles. The number of ether oxygens (including phenoxy) is 1. The molecule has 1 aliphatic heterocycles. The highest BCUT2D eigenvalue weighted by molar-refractivity contribution is 5.77. The van der Waals surface area contributed by atoms with Gasteiger partial charge in [0, 0.05) is 6.54 Å². The third-order valence-corrected chi connectivity index (χ3v) is 5.59. The number of alkyl halides is 3. The molecule has 29 heavy (non-hydrogen) atoms. The zero-order chi connectivity index (χ0) is 20.9. The van der Waals surface area contributed by atoms with E-state index in [-0.39, 0.29) is 5.97 Å². The van der Waals surface area contributed by atoms with Crippen molar-refractivity contribution < 1.29 is 22.7 Å². The molecular formula is C23H26F3NO2. The van der Waals surface area contributed by atoms with E-state index in [4.69, 9.17) is 4.74 Å². The van der Waals surface area contributed by atoms with Gasteiger partial charge in [-0.1, -0.05) is 42.5 Å². The molecule has 1 aliphatic rings. The lowest BCUT2D eigenvalue weighted by molar-refractivity contribution is -0.158. The summed E-state index contributed by atoms with van der Waals surface area (Å²) in [6.45, 7) is 4.14. The highest BCUT2D eigenvalue weighted by atomic mass is 19.4. The average Bonchev–Trinajstić information content (AvgIpc) is 2.70. The molecule has 0 bridgehead atoms. The number of likely N-dealkylation sites (tertiary alicyclic amines) is 1. The van der Waals surface area contributed by atoms with Crippen molar-refractivity contribution in [3.05, 3.63) is 71.3 Å². The Morgan fingerprint density at radius 1 is 1.00 bits per heavy atom. The number of benzene rings is 2. The number of piperidine rings is 1. The Morgan fingerprint density at radius 2 is 1.62 bits per heavy atom. The Bertz CT molecular complexity index is 795. The maximum absolute atomic E-state index is 12.8. The van der Waals surface area contributed by atoms with Gasteiger partial charge in [-0.15, -0.1) is 0 Å². The Labute approximate surface area is 169 Å². The van der Waals surface area contributed by atoms with Crippen LogP contribution in [0.3, 0.4) is 0 Å². The molecule has 0 spiro atoms. The van der Waals surface area contributed by atoms with E-state index in [1.807, 2.05) is 37.3 Å². The summed E-state index contributed by atoms with van der Waals surface area (Å²) in [5.74, 6) is -0.155. The minimum atomic E-state index is -4.32. The molecule has 0 unspecified atom stereocenters. The van der Waals surface area contributed by atoms with Crippen LogP contribution >= 0.6 is 0 Å². The van der Waals surface area contributed by atoms with Crippen molar-refractivity contribution in [2.75, 3.05) is 19.7 Å². The van der Waals surface area contributed by atoms with Crippen LogP contribution in [0.5, 0.6) is 0 Å². The zero-order valence-electron chi connectivity index (χ0n) is 16.5. The van der Waals surface area contributed by atoms with Crippen molar-refractivity contribution in [1.82, 2.24) is 4.90 Å². The summed E-state index contributed by atoms with van der Waals surface area (Å²) in [7, 11) is 0. The highest BCUT2D eigenvalue weighted by Gasteiger charge is 2.42. The molecule has 1 saturated heterocycles. The first-order valence-corrected chi connectivity index (χ1v) is 9.92. The van der Waals surface area contributed by atoms with Crippen molar-refractivity contribution in [2.24, 2.45) is 5.41 Å². The van der Waals surface area contributed by atoms with Gasteiger partial charge in [0.25, 0.3) is 0 Å². The normalized spacial score (nSPS) is 17.1. The first-order chi connectivity index (χ1) is 13.8. The van der Waals surface area contributed by atoms with Gasteiger partial charge in [0.1, 0.15) is 0 Å². The lowest BCUT2D eigenvalue weighted by atomic mass is 9.73. The summed E-state index contributed by atoms with van der Waals surface area (Å²) in [5, 5.41) is 0. The van der Waals surface area contributed by atoms with Gasteiger partial charge in [-0.25, -0.2) is 0 Å². The van der Waals surface area contributed by atoms with Gasteiger partial charge in [-0.3, -0.25) is 9.69 Å². The van der Waals surface area contributed by atoms with Gasteiger partial charge < -0.3 is 4.74 Å². The summed E-state index contributed by atoms with van der Waals surface area (Å²) >= 11 is 0. The molecule has 2 aromatic rings. The van der Waals surface area contributed by atoms with Crippen molar-refractivity contribution >= 4 is 5.97 Å². The van der Waals surface area contributed by atoms with Crippen molar-refractivity contribution in [1.29, 1.82) is 0 Å². The van der Waals surface area contributed by atoms with Gasteiger partial charge in [0.05, 0.1) is 17.6 Å². The van der Waals surface area contributed by atoms with Crippen LogP contribution in [0.1, 0.15) is 36.5 Å².